The van der Waals surface area contributed by atoms with Crippen molar-refractivity contribution in [2.45, 2.75) is 26.8 Å². The molecule has 1 fully saturated rings. The zero-order chi connectivity index (χ0) is 14.0. The molecule has 1 atom stereocenters. The third kappa shape index (κ3) is 2.89. The van der Waals surface area contributed by atoms with Crippen LogP contribution in [0, 0.1) is 12.3 Å². The number of rotatable bonds is 4. The molecule has 0 aliphatic carbocycles. The third-order valence-electron chi connectivity index (χ3n) is 3.93. The lowest BCUT2D eigenvalue weighted by Gasteiger charge is -2.20. The second-order valence-corrected chi connectivity index (χ2v) is 5.63. The molecule has 4 nitrogen and oxygen atoms in total. The molecule has 0 bridgehead atoms. The minimum atomic E-state index is -0.694. The Morgan fingerprint density at radius 3 is 2.79 bits per heavy atom. The predicted octanol–water partition coefficient (Wildman–Crippen LogP) is 2.30. The predicted molar refractivity (Wildman–Crippen MR) is 73.4 cm³/mol. The Bertz CT molecular complexity index is 486. The van der Waals surface area contributed by atoms with Crippen LogP contribution < -0.4 is 4.74 Å². The molecule has 1 aliphatic heterocycles. The monoisotopic (exact) mass is 263 g/mol. The van der Waals surface area contributed by atoms with Gasteiger partial charge in [-0.25, -0.2) is 0 Å². The first-order valence-corrected chi connectivity index (χ1v) is 6.54. The van der Waals surface area contributed by atoms with Crippen LogP contribution in [0.15, 0.2) is 18.2 Å². The molecule has 1 heterocycles. The van der Waals surface area contributed by atoms with Gasteiger partial charge in [0.25, 0.3) is 0 Å². The molecule has 0 saturated carbocycles. The van der Waals surface area contributed by atoms with Gasteiger partial charge in [0.1, 0.15) is 5.75 Å². The molecule has 104 valence electrons. The molecule has 1 aromatic rings. The van der Waals surface area contributed by atoms with Crippen molar-refractivity contribution in [3.8, 4) is 5.75 Å². The van der Waals surface area contributed by atoms with Gasteiger partial charge in [-0.1, -0.05) is 12.1 Å². The highest BCUT2D eigenvalue weighted by Gasteiger charge is 2.40. The van der Waals surface area contributed by atoms with Gasteiger partial charge in [0, 0.05) is 13.1 Å². The van der Waals surface area contributed by atoms with Crippen LogP contribution in [0.25, 0.3) is 0 Å². The first-order valence-electron chi connectivity index (χ1n) is 6.54. The zero-order valence-electron chi connectivity index (χ0n) is 11.8. The number of hydrogen-bond acceptors (Lipinski definition) is 3. The Kier molecular flexibility index (Phi) is 3.80. The third-order valence-corrected chi connectivity index (χ3v) is 3.93. The van der Waals surface area contributed by atoms with Crippen LogP contribution in [-0.4, -0.2) is 36.2 Å². The fraction of sp³-hybridized carbons (Fsp3) is 0.533. The van der Waals surface area contributed by atoms with Gasteiger partial charge >= 0.3 is 5.97 Å². The van der Waals surface area contributed by atoms with E-state index in [2.05, 4.69) is 11.0 Å². The maximum atomic E-state index is 11.2. The lowest BCUT2D eigenvalue weighted by Crippen LogP contribution is -2.31. The largest absolute Gasteiger partial charge is 0.496 e. The van der Waals surface area contributed by atoms with E-state index in [1.165, 1.54) is 5.56 Å². The normalized spacial score (nSPS) is 23.5. The number of aryl methyl sites for hydroxylation is 1. The Morgan fingerprint density at radius 1 is 1.53 bits per heavy atom. The number of ether oxygens (including phenoxy) is 1. The summed E-state index contributed by atoms with van der Waals surface area (Å²) >= 11 is 0. The molecule has 1 saturated heterocycles. The van der Waals surface area contributed by atoms with Crippen molar-refractivity contribution >= 4 is 5.97 Å². The lowest BCUT2D eigenvalue weighted by molar-refractivity contribution is -0.147. The van der Waals surface area contributed by atoms with Gasteiger partial charge in [0.15, 0.2) is 0 Å². The second kappa shape index (κ2) is 5.21. The number of carbonyl (C=O) groups is 1. The van der Waals surface area contributed by atoms with Crippen LogP contribution in [0.5, 0.6) is 5.75 Å². The van der Waals surface area contributed by atoms with Crippen LogP contribution in [0.2, 0.25) is 0 Å². The molecule has 0 amide bonds. The van der Waals surface area contributed by atoms with Gasteiger partial charge in [0.05, 0.1) is 12.5 Å². The summed E-state index contributed by atoms with van der Waals surface area (Å²) in [6.45, 7) is 6.11. The second-order valence-electron chi connectivity index (χ2n) is 5.63. The Balaban J connectivity index is 2.03. The number of carboxylic acids is 1. The van der Waals surface area contributed by atoms with E-state index in [4.69, 9.17) is 4.74 Å². The lowest BCUT2D eigenvalue weighted by atomic mass is 9.90. The molecule has 2 rings (SSSR count). The van der Waals surface area contributed by atoms with E-state index < -0.39 is 11.4 Å². The first-order chi connectivity index (χ1) is 8.94. The number of aliphatic carboxylic acids is 1. The summed E-state index contributed by atoms with van der Waals surface area (Å²) in [5.41, 5.74) is 1.72. The van der Waals surface area contributed by atoms with Gasteiger partial charge in [-0.05, 0) is 44.0 Å². The van der Waals surface area contributed by atoms with Crippen molar-refractivity contribution in [3.63, 3.8) is 0 Å². The fourth-order valence-corrected chi connectivity index (χ4v) is 2.66. The van der Waals surface area contributed by atoms with E-state index >= 15 is 0 Å². The molecular formula is C15H21NO3. The van der Waals surface area contributed by atoms with Crippen LogP contribution >= 0.6 is 0 Å². The highest BCUT2D eigenvalue weighted by atomic mass is 16.5. The van der Waals surface area contributed by atoms with Gasteiger partial charge in [-0.15, -0.1) is 0 Å². The summed E-state index contributed by atoms with van der Waals surface area (Å²) in [6, 6.07) is 6.12. The highest BCUT2D eigenvalue weighted by Crippen LogP contribution is 2.31. The maximum Gasteiger partial charge on any atom is 0.310 e. The standard InChI is InChI=1S/C15H21NO3/c1-11-8-12(4-5-13(11)19-3)9-16-7-6-15(2,10-16)14(17)18/h4-5,8H,6-7,9-10H2,1-3H3,(H,17,18). The van der Waals surface area contributed by atoms with Gasteiger partial charge in [-0.3, -0.25) is 9.69 Å². The summed E-state index contributed by atoms with van der Waals surface area (Å²) in [6.07, 6.45) is 0.720. The molecule has 1 aliphatic rings. The zero-order valence-corrected chi connectivity index (χ0v) is 11.8. The molecule has 0 spiro atoms. The van der Waals surface area contributed by atoms with Crippen LogP contribution in [-0.2, 0) is 11.3 Å². The van der Waals surface area contributed by atoms with Crippen molar-refractivity contribution in [3.05, 3.63) is 29.3 Å². The smallest absolute Gasteiger partial charge is 0.310 e. The topological polar surface area (TPSA) is 49.8 Å². The van der Waals surface area contributed by atoms with Crippen molar-refractivity contribution in [2.24, 2.45) is 5.41 Å². The number of nitrogens with zero attached hydrogens (tertiary/aromatic N) is 1. The van der Waals surface area contributed by atoms with Gasteiger partial charge in [0.2, 0.25) is 0 Å². The molecule has 19 heavy (non-hydrogen) atoms. The van der Waals surface area contributed by atoms with Crippen molar-refractivity contribution < 1.29 is 14.6 Å². The van der Waals surface area contributed by atoms with Crippen molar-refractivity contribution in [2.75, 3.05) is 20.2 Å². The fourth-order valence-electron chi connectivity index (χ4n) is 2.66. The average molecular weight is 263 g/mol. The number of carboxylic acid groups (broad SMARTS) is 1. The number of benzene rings is 1. The summed E-state index contributed by atoms with van der Waals surface area (Å²) < 4.78 is 5.24. The summed E-state index contributed by atoms with van der Waals surface area (Å²) in [5, 5.41) is 9.23. The van der Waals surface area contributed by atoms with E-state index in [0.29, 0.717) is 6.54 Å². The van der Waals surface area contributed by atoms with Crippen LogP contribution in [0.3, 0.4) is 0 Å². The van der Waals surface area contributed by atoms with E-state index in [9.17, 15) is 9.90 Å². The molecule has 1 N–H and O–H groups in total. The SMILES string of the molecule is COc1ccc(CN2CCC(C)(C(=O)O)C2)cc1C. The highest BCUT2D eigenvalue weighted by molar-refractivity contribution is 5.74. The Hall–Kier alpha value is -1.55. The van der Waals surface area contributed by atoms with E-state index in [0.717, 1.165) is 30.8 Å². The quantitative estimate of drug-likeness (QED) is 0.905. The number of hydrogen-bond donors (Lipinski definition) is 1. The average Bonchev–Trinajstić information content (AvgIpc) is 2.73. The molecular weight excluding hydrogens is 242 g/mol. The molecule has 0 aromatic heterocycles. The molecule has 0 radical (unpaired) electrons. The summed E-state index contributed by atoms with van der Waals surface area (Å²) in [4.78, 5) is 13.4. The van der Waals surface area contributed by atoms with E-state index in [1.54, 1.807) is 7.11 Å². The number of likely N-dealkylation sites (tertiary alicyclic amines) is 1. The van der Waals surface area contributed by atoms with E-state index in [-0.39, 0.29) is 0 Å². The molecule has 4 heteroatoms. The summed E-state index contributed by atoms with van der Waals surface area (Å²) in [5.74, 6) is 0.196. The number of methoxy groups -OCH3 is 1. The van der Waals surface area contributed by atoms with Gasteiger partial charge in [-0.2, -0.15) is 0 Å². The molecule has 1 aromatic carbocycles. The van der Waals surface area contributed by atoms with Crippen molar-refractivity contribution in [1.82, 2.24) is 4.90 Å². The van der Waals surface area contributed by atoms with E-state index in [1.807, 2.05) is 26.0 Å². The Labute approximate surface area is 114 Å². The minimum Gasteiger partial charge on any atom is -0.496 e. The van der Waals surface area contributed by atoms with Gasteiger partial charge < -0.3 is 9.84 Å². The minimum absolute atomic E-state index is 0.596. The van der Waals surface area contributed by atoms with Crippen molar-refractivity contribution in [1.29, 1.82) is 0 Å². The van der Waals surface area contributed by atoms with Crippen LogP contribution in [0.4, 0.5) is 0 Å². The summed E-state index contributed by atoms with van der Waals surface area (Å²) in [7, 11) is 1.67. The Morgan fingerprint density at radius 2 is 2.26 bits per heavy atom. The maximum absolute atomic E-state index is 11.2. The molecule has 1 unspecified atom stereocenters. The van der Waals surface area contributed by atoms with Crippen LogP contribution in [0.1, 0.15) is 24.5 Å². The first kappa shape index (κ1) is 13.9.